The summed E-state index contributed by atoms with van der Waals surface area (Å²) in [6, 6.07) is 5.00. The van der Waals surface area contributed by atoms with E-state index in [9.17, 15) is 4.79 Å². The number of ether oxygens (including phenoxy) is 1. The smallest absolute Gasteiger partial charge is 0.366 e. The van der Waals surface area contributed by atoms with Crippen LogP contribution in [0.2, 0.25) is 0 Å². The molecule has 0 aliphatic carbocycles. The number of rotatable bonds is 1. The molecule has 0 bridgehead atoms. The minimum Gasteiger partial charge on any atom is -0.366 e. The van der Waals surface area contributed by atoms with Crippen molar-refractivity contribution in [2.45, 2.75) is 0 Å². The van der Waals surface area contributed by atoms with Crippen LogP contribution in [0.15, 0.2) is 24.4 Å². The van der Waals surface area contributed by atoms with Crippen molar-refractivity contribution in [1.29, 1.82) is 5.41 Å². The lowest BCUT2D eigenvalue weighted by Crippen LogP contribution is -2.09. The van der Waals surface area contributed by atoms with Gasteiger partial charge in [-0.05, 0) is 12.1 Å². The number of aromatic nitrogens is 1. The zero-order valence-electron chi connectivity index (χ0n) is 6.07. The van der Waals surface area contributed by atoms with Gasteiger partial charge in [-0.25, -0.2) is 0 Å². The first kappa shape index (κ1) is 8.73. The fourth-order valence-corrected chi connectivity index (χ4v) is 0.744. The van der Waals surface area contributed by atoms with Crippen molar-refractivity contribution in [3.63, 3.8) is 0 Å². The van der Waals surface area contributed by atoms with E-state index in [0.717, 1.165) is 0 Å². The van der Waals surface area contributed by atoms with Crippen molar-refractivity contribution in [1.82, 2.24) is 4.98 Å². The Labute approximate surface area is 74.5 Å². The lowest BCUT2D eigenvalue weighted by Gasteiger charge is -1.97. The van der Waals surface area contributed by atoms with Crippen molar-refractivity contribution in [2.24, 2.45) is 0 Å². The molecule has 0 radical (unpaired) electrons. The summed E-state index contributed by atoms with van der Waals surface area (Å²) >= 11 is 2.59. The molecule has 0 unspecified atom stereocenters. The summed E-state index contributed by atoms with van der Waals surface area (Å²) in [5.74, 6) is -0.268. The fourth-order valence-electron chi connectivity index (χ4n) is 0.642. The van der Waals surface area contributed by atoms with E-state index in [1.54, 1.807) is 18.2 Å². The molecule has 0 saturated heterocycles. The summed E-state index contributed by atoms with van der Waals surface area (Å²) in [5, 5.41) is 6.52. The molecule has 1 heterocycles. The van der Waals surface area contributed by atoms with Gasteiger partial charge in [0.15, 0.2) is 0 Å². The molecule has 0 aliphatic heterocycles. The van der Waals surface area contributed by atoms with Gasteiger partial charge < -0.3 is 4.74 Å². The summed E-state index contributed by atoms with van der Waals surface area (Å²) in [5.41, 5.74) is 0.323. The van der Waals surface area contributed by atoms with E-state index in [0.29, 0.717) is 5.69 Å². The van der Waals surface area contributed by atoms with E-state index in [4.69, 9.17) is 5.41 Å². The van der Waals surface area contributed by atoms with Crippen LogP contribution in [0, 0.1) is 5.41 Å². The van der Waals surface area contributed by atoms with Gasteiger partial charge in [-0.15, -0.1) is 0 Å². The Morgan fingerprint density at radius 2 is 2.33 bits per heavy atom. The number of hydrogen-bond donors (Lipinski definition) is 1. The summed E-state index contributed by atoms with van der Waals surface area (Å²) in [7, 11) is 0. The Morgan fingerprint density at radius 1 is 1.58 bits per heavy atom. The maximum absolute atomic E-state index is 10.4. The highest BCUT2D eigenvalue weighted by Crippen LogP contribution is 1.96. The first-order valence-electron chi connectivity index (χ1n) is 3.13. The number of nitrogens with zero attached hydrogens (tertiary/aromatic N) is 1. The highest BCUT2D eigenvalue weighted by Gasteiger charge is 2.09. The molecule has 1 N–H and O–H groups in total. The molecule has 0 aromatic carbocycles. The van der Waals surface area contributed by atoms with Crippen LogP contribution in [0.4, 0.5) is 4.79 Å². The number of pyridine rings is 1. The summed E-state index contributed by atoms with van der Waals surface area (Å²) in [6.45, 7) is 0. The van der Waals surface area contributed by atoms with Crippen LogP contribution in [0.3, 0.4) is 0 Å². The maximum atomic E-state index is 10.4. The minimum absolute atomic E-state index is 0.268. The van der Waals surface area contributed by atoms with Gasteiger partial charge in [-0.3, -0.25) is 10.4 Å². The summed E-state index contributed by atoms with van der Waals surface area (Å²) in [4.78, 5) is 14.2. The van der Waals surface area contributed by atoms with Gasteiger partial charge in [0, 0.05) is 6.20 Å². The molecular formula is C7H7N2O2S+. The molecule has 0 amide bonds. The Balaban J connectivity index is 2.73. The lowest BCUT2D eigenvalue weighted by atomic mass is 10.3. The van der Waals surface area contributed by atoms with Crippen molar-refractivity contribution >= 4 is 23.8 Å². The number of nitrogens with one attached hydrogen (secondary N) is 1. The van der Waals surface area contributed by atoms with Crippen LogP contribution in [0.1, 0.15) is 5.69 Å². The van der Waals surface area contributed by atoms with E-state index in [1.807, 2.05) is 0 Å². The molecule has 1 aromatic heterocycles. The van der Waals surface area contributed by atoms with E-state index >= 15 is 0 Å². The molecule has 4 nitrogen and oxygen atoms in total. The van der Waals surface area contributed by atoms with Gasteiger partial charge >= 0.3 is 5.30 Å². The van der Waals surface area contributed by atoms with Crippen molar-refractivity contribution in [3.8, 4) is 0 Å². The quantitative estimate of drug-likeness (QED) is 0.299. The van der Waals surface area contributed by atoms with Gasteiger partial charge in [-0.2, -0.15) is 4.79 Å². The average Bonchev–Trinajstić information content (AvgIpc) is 2.05. The Hall–Kier alpha value is -1.36. The number of hydrogen-bond acceptors (Lipinski definition) is 4. The monoisotopic (exact) mass is 183 g/mol. The zero-order chi connectivity index (χ0) is 8.97. The highest BCUT2D eigenvalue weighted by atomic mass is 32.1. The predicted octanol–water partition coefficient (Wildman–Crippen LogP) is 0.555. The van der Waals surface area contributed by atoms with Crippen molar-refractivity contribution < 1.29 is 9.53 Å². The topological polar surface area (TPSA) is 63.0 Å². The lowest BCUT2D eigenvalue weighted by molar-refractivity contribution is 0.224. The van der Waals surface area contributed by atoms with Crippen LogP contribution >= 0.6 is 0 Å². The predicted molar refractivity (Wildman–Crippen MR) is 47.7 cm³/mol. The molecule has 0 spiro atoms. The third-order valence-electron chi connectivity index (χ3n) is 1.09. The Bertz CT molecular complexity index is 300. The van der Waals surface area contributed by atoms with Gasteiger partial charge in [-0.1, -0.05) is 6.07 Å². The van der Waals surface area contributed by atoms with E-state index in [1.165, 1.54) is 6.20 Å². The first-order valence-corrected chi connectivity index (χ1v) is 3.63. The first-order chi connectivity index (χ1) is 5.70. The van der Waals surface area contributed by atoms with E-state index < -0.39 is 5.30 Å². The van der Waals surface area contributed by atoms with Crippen LogP contribution in [0.5, 0.6) is 0 Å². The van der Waals surface area contributed by atoms with Crippen molar-refractivity contribution in [3.05, 3.63) is 30.1 Å². The normalized spacial score (nSPS) is 9.08. The molecular weight excluding hydrogens is 176 g/mol. The molecule has 0 atom stereocenters. The van der Waals surface area contributed by atoms with Crippen LogP contribution < -0.4 is 0 Å². The van der Waals surface area contributed by atoms with Crippen molar-refractivity contribution in [2.75, 3.05) is 0 Å². The average molecular weight is 183 g/mol. The standard InChI is InChI=1S/C7H6N2O2S/c8-6(11-7(10)12)5-3-1-2-4-9-5/h1-4,8H,(H,10,12)/p+1. The molecule has 62 valence electrons. The summed E-state index contributed by atoms with van der Waals surface area (Å²) < 4.78 is 4.43. The number of carbonyl (C=O) groups is 1. The van der Waals surface area contributed by atoms with Crippen LogP contribution in [-0.2, 0) is 17.4 Å². The molecule has 0 saturated carbocycles. The van der Waals surface area contributed by atoms with E-state index in [-0.39, 0.29) is 5.90 Å². The van der Waals surface area contributed by atoms with Crippen LogP contribution in [0.25, 0.3) is 0 Å². The zero-order valence-corrected chi connectivity index (χ0v) is 7.07. The molecule has 12 heavy (non-hydrogen) atoms. The third-order valence-corrected chi connectivity index (χ3v) is 1.19. The largest absolute Gasteiger partial charge is 0.527 e. The molecule has 0 aliphatic rings. The van der Waals surface area contributed by atoms with Gasteiger partial charge in [0.1, 0.15) is 5.69 Å². The molecule has 1 aromatic rings. The minimum atomic E-state index is -0.703. The fraction of sp³-hybridized carbons (Fsp3) is 0. The second kappa shape index (κ2) is 3.87. The SMILES string of the molecule is N=C(OC(=O)[SH2+])c1ccccn1. The van der Waals surface area contributed by atoms with Gasteiger partial charge in [0.25, 0.3) is 0 Å². The second-order valence-corrected chi connectivity index (χ2v) is 2.34. The second-order valence-electron chi connectivity index (χ2n) is 1.93. The highest BCUT2D eigenvalue weighted by molar-refractivity contribution is 7.76. The number of carbonyl (C=O) groups excluding carboxylic acids is 1. The molecule has 5 heteroatoms. The molecule has 0 fully saturated rings. The van der Waals surface area contributed by atoms with E-state index in [2.05, 4.69) is 22.3 Å². The van der Waals surface area contributed by atoms with Crippen LogP contribution in [-0.4, -0.2) is 16.2 Å². The molecule has 1 rings (SSSR count). The van der Waals surface area contributed by atoms with Gasteiger partial charge in [0.05, 0.1) is 12.6 Å². The van der Waals surface area contributed by atoms with Gasteiger partial charge in [0.2, 0.25) is 5.90 Å². The Morgan fingerprint density at radius 3 is 2.83 bits per heavy atom. The summed E-state index contributed by atoms with van der Waals surface area (Å²) in [6.07, 6.45) is 1.52. The third kappa shape index (κ3) is 2.35. The Kier molecular flexibility index (Phi) is 2.82. The maximum Gasteiger partial charge on any atom is 0.527 e.